The number of aliphatic hydroxyl groups is 1. The number of methoxy groups -OCH3 is 2. The summed E-state index contributed by atoms with van der Waals surface area (Å²) in [6, 6.07) is 11.2. The fourth-order valence-corrected chi connectivity index (χ4v) is 3.07. The van der Waals surface area contributed by atoms with Gasteiger partial charge in [0, 0.05) is 5.69 Å². The van der Waals surface area contributed by atoms with Gasteiger partial charge in [0.15, 0.2) is 11.5 Å². The molecule has 0 heterocycles. The Morgan fingerprint density at radius 2 is 1.81 bits per heavy atom. The molecule has 0 radical (unpaired) electrons. The van der Waals surface area contributed by atoms with Crippen molar-refractivity contribution < 1.29 is 14.6 Å². The number of rotatable bonds is 3. The molecule has 0 amide bonds. The fraction of sp³-hybridized carbons (Fsp3) is 0.294. The molecule has 1 atom stereocenters. The van der Waals surface area contributed by atoms with Crippen molar-refractivity contribution in [3.63, 3.8) is 0 Å². The standard InChI is InChI=1S/C17H19NO3/c1-20-15-6-3-12(10-16(15)21-2)17(19)8-7-11-9-13(18)4-5-14(11)17/h3-6,9-10,19H,7-8,18H2,1-2H3. The molecule has 2 aromatic carbocycles. The highest BCUT2D eigenvalue weighted by molar-refractivity contribution is 5.54. The Labute approximate surface area is 124 Å². The lowest BCUT2D eigenvalue weighted by Gasteiger charge is -2.25. The van der Waals surface area contributed by atoms with Crippen LogP contribution in [0.15, 0.2) is 36.4 Å². The number of ether oxygens (including phenoxy) is 2. The molecule has 4 nitrogen and oxygen atoms in total. The quantitative estimate of drug-likeness (QED) is 0.850. The molecule has 2 aromatic rings. The summed E-state index contributed by atoms with van der Waals surface area (Å²) in [5, 5.41) is 11.2. The molecule has 0 bridgehead atoms. The van der Waals surface area contributed by atoms with Crippen LogP contribution >= 0.6 is 0 Å². The Morgan fingerprint density at radius 3 is 2.52 bits per heavy atom. The number of anilines is 1. The number of fused-ring (bicyclic) bond motifs is 1. The number of benzene rings is 2. The summed E-state index contributed by atoms with van der Waals surface area (Å²) in [4.78, 5) is 0. The molecule has 0 spiro atoms. The smallest absolute Gasteiger partial charge is 0.161 e. The number of hydrogen-bond donors (Lipinski definition) is 2. The molecular formula is C17H19NO3. The van der Waals surface area contributed by atoms with Crippen molar-refractivity contribution in [1.82, 2.24) is 0 Å². The van der Waals surface area contributed by atoms with Gasteiger partial charge in [-0.25, -0.2) is 0 Å². The predicted octanol–water partition coefficient (Wildman–Crippen LogP) is 2.47. The van der Waals surface area contributed by atoms with E-state index in [1.165, 1.54) is 0 Å². The number of nitrogens with two attached hydrogens (primary N) is 1. The van der Waals surface area contributed by atoms with Crippen LogP contribution in [-0.2, 0) is 12.0 Å². The summed E-state index contributed by atoms with van der Waals surface area (Å²) in [6.07, 6.45) is 1.45. The molecule has 110 valence electrons. The third-order valence-electron chi connectivity index (χ3n) is 4.19. The van der Waals surface area contributed by atoms with Crippen LogP contribution in [0.4, 0.5) is 5.69 Å². The summed E-state index contributed by atoms with van der Waals surface area (Å²) < 4.78 is 10.6. The van der Waals surface area contributed by atoms with Gasteiger partial charge in [-0.05, 0) is 53.8 Å². The minimum absolute atomic E-state index is 0.618. The van der Waals surface area contributed by atoms with E-state index in [-0.39, 0.29) is 0 Å². The fourth-order valence-electron chi connectivity index (χ4n) is 3.07. The number of nitrogen functional groups attached to an aromatic ring is 1. The highest BCUT2D eigenvalue weighted by Crippen LogP contribution is 2.44. The van der Waals surface area contributed by atoms with Crippen molar-refractivity contribution in [2.24, 2.45) is 0 Å². The van der Waals surface area contributed by atoms with Gasteiger partial charge in [-0.15, -0.1) is 0 Å². The maximum atomic E-state index is 11.2. The monoisotopic (exact) mass is 285 g/mol. The first kappa shape index (κ1) is 13.8. The molecule has 0 saturated heterocycles. The average Bonchev–Trinajstić information content (AvgIpc) is 2.84. The maximum absolute atomic E-state index is 11.2. The largest absolute Gasteiger partial charge is 0.493 e. The highest BCUT2D eigenvalue weighted by atomic mass is 16.5. The van der Waals surface area contributed by atoms with Gasteiger partial charge in [-0.1, -0.05) is 12.1 Å². The summed E-state index contributed by atoms with van der Waals surface area (Å²) >= 11 is 0. The highest BCUT2D eigenvalue weighted by Gasteiger charge is 2.38. The van der Waals surface area contributed by atoms with Crippen LogP contribution in [0, 0.1) is 0 Å². The van der Waals surface area contributed by atoms with Crippen LogP contribution in [0.5, 0.6) is 11.5 Å². The molecule has 4 heteroatoms. The zero-order valence-corrected chi connectivity index (χ0v) is 12.2. The molecule has 1 unspecified atom stereocenters. The van der Waals surface area contributed by atoms with Crippen molar-refractivity contribution in [2.75, 3.05) is 20.0 Å². The van der Waals surface area contributed by atoms with Gasteiger partial charge < -0.3 is 20.3 Å². The van der Waals surface area contributed by atoms with Crippen LogP contribution < -0.4 is 15.2 Å². The second-order valence-corrected chi connectivity index (χ2v) is 5.35. The van der Waals surface area contributed by atoms with Gasteiger partial charge in [0.25, 0.3) is 0 Å². The third kappa shape index (κ3) is 2.12. The van der Waals surface area contributed by atoms with E-state index in [9.17, 15) is 5.11 Å². The average molecular weight is 285 g/mol. The van der Waals surface area contributed by atoms with E-state index in [4.69, 9.17) is 15.2 Å². The first-order valence-corrected chi connectivity index (χ1v) is 6.92. The Kier molecular flexibility index (Phi) is 3.26. The molecule has 0 saturated carbocycles. The molecule has 21 heavy (non-hydrogen) atoms. The van der Waals surface area contributed by atoms with E-state index < -0.39 is 5.60 Å². The van der Waals surface area contributed by atoms with Crippen molar-refractivity contribution in [1.29, 1.82) is 0 Å². The molecular weight excluding hydrogens is 266 g/mol. The second kappa shape index (κ2) is 4.97. The van der Waals surface area contributed by atoms with Crippen molar-refractivity contribution in [3.8, 4) is 11.5 Å². The second-order valence-electron chi connectivity index (χ2n) is 5.35. The summed E-state index contributed by atoms with van der Waals surface area (Å²) in [7, 11) is 3.19. The molecule has 1 aliphatic rings. The Balaban J connectivity index is 2.09. The van der Waals surface area contributed by atoms with Crippen LogP contribution in [-0.4, -0.2) is 19.3 Å². The van der Waals surface area contributed by atoms with E-state index in [0.717, 1.165) is 28.8 Å². The lowest BCUT2D eigenvalue weighted by atomic mass is 9.87. The van der Waals surface area contributed by atoms with Gasteiger partial charge in [-0.2, -0.15) is 0 Å². The SMILES string of the molecule is COc1ccc(C2(O)CCc3cc(N)ccc32)cc1OC. The maximum Gasteiger partial charge on any atom is 0.161 e. The van der Waals surface area contributed by atoms with Crippen molar-refractivity contribution in [3.05, 3.63) is 53.1 Å². The first-order valence-electron chi connectivity index (χ1n) is 6.92. The number of hydrogen-bond acceptors (Lipinski definition) is 4. The Bertz CT molecular complexity index is 684. The number of aryl methyl sites for hydroxylation is 1. The van der Waals surface area contributed by atoms with Gasteiger partial charge in [0.05, 0.1) is 14.2 Å². The van der Waals surface area contributed by atoms with Crippen LogP contribution in [0.25, 0.3) is 0 Å². The van der Waals surface area contributed by atoms with E-state index in [0.29, 0.717) is 17.9 Å². The minimum Gasteiger partial charge on any atom is -0.493 e. The third-order valence-corrected chi connectivity index (χ3v) is 4.19. The molecule has 0 aromatic heterocycles. The van der Waals surface area contributed by atoms with Crippen LogP contribution in [0.2, 0.25) is 0 Å². The van der Waals surface area contributed by atoms with Gasteiger partial charge in [0.2, 0.25) is 0 Å². The zero-order chi connectivity index (χ0) is 15.0. The topological polar surface area (TPSA) is 64.7 Å². The van der Waals surface area contributed by atoms with Gasteiger partial charge in [-0.3, -0.25) is 0 Å². The van der Waals surface area contributed by atoms with E-state index >= 15 is 0 Å². The Hall–Kier alpha value is -2.20. The summed E-state index contributed by atoms with van der Waals surface area (Å²) in [6.45, 7) is 0. The van der Waals surface area contributed by atoms with Gasteiger partial charge in [0.1, 0.15) is 5.60 Å². The van der Waals surface area contributed by atoms with Gasteiger partial charge >= 0.3 is 0 Å². The summed E-state index contributed by atoms with van der Waals surface area (Å²) in [5.74, 6) is 1.27. The van der Waals surface area contributed by atoms with E-state index in [1.807, 2.05) is 36.4 Å². The molecule has 3 rings (SSSR count). The predicted molar refractivity (Wildman–Crippen MR) is 81.7 cm³/mol. The lowest BCUT2D eigenvalue weighted by Crippen LogP contribution is -2.23. The van der Waals surface area contributed by atoms with Crippen molar-refractivity contribution >= 4 is 5.69 Å². The minimum atomic E-state index is -0.997. The summed E-state index contributed by atoms with van der Waals surface area (Å²) in [5.41, 5.74) is 8.39. The van der Waals surface area contributed by atoms with E-state index in [1.54, 1.807) is 14.2 Å². The molecule has 0 fully saturated rings. The first-order chi connectivity index (χ1) is 10.1. The van der Waals surface area contributed by atoms with E-state index in [2.05, 4.69) is 0 Å². The zero-order valence-electron chi connectivity index (χ0n) is 12.2. The molecule has 3 N–H and O–H groups in total. The molecule has 0 aliphatic heterocycles. The lowest BCUT2D eigenvalue weighted by molar-refractivity contribution is 0.0826. The Morgan fingerprint density at radius 1 is 1.05 bits per heavy atom. The molecule has 1 aliphatic carbocycles. The normalized spacial score (nSPS) is 20.1. The van der Waals surface area contributed by atoms with Crippen molar-refractivity contribution in [2.45, 2.75) is 18.4 Å². The van der Waals surface area contributed by atoms with Crippen LogP contribution in [0.3, 0.4) is 0 Å². The van der Waals surface area contributed by atoms with Crippen LogP contribution in [0.1, 0.15) is 23.1 Å².